The fourth-order valence-corrected chi connectivity index (χ4v) is 5.64. The Labute approximate surface area is 163 Å². The number of halogens is 3. The topological polar surface area (TPSA) is 18.5 Å². The van der Waals surface area contributed by atoms with E-state index in [0.29, 0.717) is 20.8 Å². The highest BCUT2D eigenvalue weighted by Gasteiger charge is 2.37. The quantitative estimate of drug-likeness (QED) is 0.198. The molecular weight excluding hydrogens is 383 g/mol. The standard InChI is InChI=1S/C18H29Cl3O2Si/c1-4-7-8-9-10-11-14-22-24(5-2,6-3)23-18-16(20)13-12-15(19)17(18)21/h12-13H,4-11,14H2,1-3H3. The molecule has 24 heavy (non-hydrogen) atoms. The zero-order valence-corrected chi connectivity index (χ0v) is 18.2. The average Bonchev–Trinajstić information content (AvgIpc) is 2.60. The summed E-state index contributed by atoms with van der Waals surface area (Å²) in [6.45, 7) is 7.16. The van der Waals surface area contributed by atoms with Crippen LogP contribution < -0.4 is 4.43 Å². The van der Waals surface area contributed by atoms with Crippen LogP contribution in [0.5, 0.6) is 5.75 Å². The summed E-state index contributed by atoms with van der Waals surface area (Å²) in [7, 11) is -2.37. The van der Waals surface area contributed by atoms with Gasteiger partial charge >= 0.3 is 8.56 Å². The van der Waals surface area contributed by atoms with Gasteiger partial charge in [-0.1, -0.05) is 87.7 Å². The second kappa shape index (κ2) is 11.6. The van der Waals surface area contributed by atoms with Crippen molar-refractivity contribution in [1.82, 2.24) is 0 Å². The third kappa shape index (κ3) is 6.76. The smallest absolute Gasteiger partial charge is 0.398 e. The highest BCUT2D eigenvalue weighted by molar-refractivity contribution is 6.68. The minimum Gasteiger partial charge on any atom is -0.518 e. The lowest BCUT2D eigenvalue weighted by Crippen LogP contribution is -2.44. The van der Waals surface area contributed by atoms with Crippen LogP contribution in [0.4, 0.5) is 0 Å². The summed E-state index contributed by atoms with van der Waals surface area (Å²) in [4.78, 5) is 0. The third-order valence-corrected chi connectivity index (χ3v) is 8.78. The molecule has 0 radical (unpaired) electrons. The Kier molecular flexibility index (Phi) is 10.7. The SMILES string of the molecule is CCCCCCCCO[Si](CC)(CC)Oc1c(Cl)ccc(Cl)c1Cl. The highest BCUT2D eigenvalue weighted by atomic mass is 35.5. The Morgan fingerprint density at radius 2 is 1.42 bits per heavy atom. The van der Waals surface area contributed by atoms with Crippen molar-refractivity contribution in [3.05, 3.63) is 27.2 Å². The van der Waals surface area contributed by atoms with E-state index in [1.165, 1.54) is 32.1 Å². The van der Waals surface area contributed by atoms with Crippen LogP contribution in [0.25, 0.3) is 0 Å². The number of rotatable bonds is 12. The lowest BCUT2D eigenvalue weighted by molar-refractivity contribution is 0.230. The average molecular weight is 412 g/mol. The number of hydrogen-bond acceptors (Lipinski definition) is 2. The lowest BCUT2D eigenvalue weighted by atomic mass is 10.1. The van der Waals surface area contributed by atoms with Crippen LogP contribution in [-0.4, -0.2) is 15.2 Å². The maximum Gasteiger partial charge on any atom is 0.398 e. The minimum absolute atomic E-state index is 0.367. The van der Waals surface area contributed by atoms with Crippen LogP contribution >= 0.6 is 34.8 Å². The van der Waals surface area contributed by atoms with Crippen molar-refractivity contribution in [3.8, 4) is 5.75 Å². The Hall–Kier alpha value is 0.0669. The minimum atomic E-state index is -2.37. The van der Waals surface area contributed by atoms with Crippen molar-refractivity contribution in [1.29, 1.82) is 0 Å². The number of unbranched alkanes of at least 4 members (excludes halogenated alkanes) is 5. The third-order valence-electron chi connectivity index (χ3n) is 4.23. The summed E-state index contributed by atoms with van der Waals surface area (Å²) >= 11 is 18.6. The fourth-order valence-electron chi connectivity index (χ4n) is 2.56. The van der Waals surface area contributed by atoms with Crippen molar-refractivity contribution in [2.75, 3.05) is 6.61 Å². The maximum atomic E-state index is 6.28. The van der Waals surface area contributed by atoms with Crippen LogP contribution in [-0.2, 0) is 4.43 Å². The molecule has 0 fully saturated rings. The molecule has 0 saturated heterocycles. The molecule has 1 rings (SSSR count). The highest BCUT2D eigenvalue weighted by Crippen LogP contribution is 2.40. The molecule has 0 aliphatic carbocycles. The number of hydrogen-bond donors (Lipinski definition) is 0. The van der Waals surface area contributed by atoms with Crippen molar-refractivity contribution in [2.45, 2.75) is 71.4 Å². The summed E-state index contributed by atoms with van der Waals surface area (Å²) in [6, 6.07) is 5.08. The summed E-state index contributed by atoms with van der Waals surface area (Å²) in [5.41, 5.74) is 0. The van der Waals surface area contributed by atoms with Crippen molar-refractivity contribution < 1.29 is 8.85 Å². The molecule has 0 heterocycles. The van der Waals surface area contributed by atoms with Gasteiger partial charge in [-0.3, -0.25) is 0 Å². The van der Waals surface area contributed by atoms with E-state index >= 15 is 0 Å². The van der Waals surface area contributed by atoms with Gasteiger partial charge in [-0.2, -0.15) is 0 Å². The summed E-state index contributed by atoms with van der Waals surface area (Å²) in [6.07, 6.45) is 7.45. The Morgan fingerprint density at radius 1 is 0.833 bits per heavy atom. The fraction of sp³-hybridized carbons (Fsp3) is 0.667. The van der Waals surface area contributed by atoms with Crippen molar-refractivity contribution >= 4 is 43.4 Å². The monoisotopic (exact) mass is 410 g/mol. The molecule has 0 bridgehead atoms. The molecular formula is C18H29Cl3O2Si. The van der Waals surface area contributed by atoms with Gasteiger partial charge < -0.3 is 8.85 Å². The largest absolute Gasteiger partial charge is 0.518 e. The first-order chi connectivity index (χ1) is 11.5. The first-order valence-electron chi connectivity index (χ1n) is 8.96. The van der Waals surface area contributed by atoms with Gasteiger partial charge in [0.25, 0.3) is 0 Å². The molecule has 1 aromatic rings. The van der Waals surface area contributed by atoms with Gasteiger partial charge in [0.05, 0.1) is 10.0 Å². The maximum absolute atomic E-state index is 6.28. The van der Waals surface area contributed by atoms with Crippen LogP contribution in [0.3, 0.4) is 0 Å². The zero-order valence-electron chi connectivity index (χ0n) is 15.0. The van der Waals surface area contributed by atoms with Crippen LogP contribution in [0.15, 0.2) is 12.1 Å². The molecule has 138 valence electrons. The van der Waals surface area contributed by atoms with E-state index in [-0.39, 0.29) is 0 Å². The van der Waals surface area contributed by atoms with Crippen LogP contribution in [0, 0.1) is 0 Å². The normalized spacial score (nSPS) is 11.8. The van der Waals surface area contributed by atoms with E-state index in [0.717, 1.165) is 25.1 Å². The van der Waals surface area contributed by atoms with Crippen LogP contribution in [0.1, 0.15) is 59.3 Å². The summed E-state index contributed by atoms with van der Waals surface area (Å²) < 4.78 is 12.5. The van der Waals surface area contributed by atoms with Gasteiger partial charge in [0.2, 0.25) is 0 Å². The molecule has 0 N–H and O–H groups in total. The molecule has 0 aromatic heterocycles. The Bertz CT molecular complexity index is 493. The Balaban J connectivity index is 2.64. The van der Waals surface area contributed by atoms with Gasteiger partial charge in [-0.15, -0.1) is 0 Å². The predicted molar refractivity (Wildman–Crippen MR) is 108 cm³/mol. The van der Waals surface area contributed by atoms with E-state index in [9.17, 15) is 0 Å². The summed E-state index contributed by atoms with van der Waals surface area (Å²) in [5.74, 6) is 0.462. The van der Waals surface area contributed by atoms with Gasteiger partial charge in [0, 0.05) is 6.61 Å². The second-order valence-electron chi connectivity index (χ2n) is 6.01. The molecule has 0 aliphatic heterocycles. The van der Waals surface area contributed by atoms with Gasteiger partial charge in [0.15, 0.2) is 0 Å². The van der Waals surface area contributed by atoms with Crippen molar-refractivity contribution in [2.24, 2.45) is 0 Å². The first kappa shape index (κ1) is 22.1. The molecule has 0 spiro atoms. The molecule has 6 heteroatoms. The van der Waals surface area contributed by atoms with Gasteiger partial charge in [0.1, 0.15) is 10.8 Å². The predicted octanol–water partition coefficient (Wildman–Crippen LogP) is 7.88. The van der Waals surface area contributed by atoms with Crippen LogP contribution in [0.2, 0.25) is 27.2 Å². The van der Waals surface area contributed by atoms with Gasteiger partial charge in [-0.25, -0.2) is 0 Å². The van der Waals surface area contributed by atoms with E-state index in [2.05, 4.69) is 20.8 Å². The van der Waals surface area contributed by atoms with E-state index in [1.54, 1.807) is 12.1 Å². The Morgan fingerprint density at radius 3 is 2.04 bits per heavy atom. The van der Waals surface area contributed by atoms with E-state index in [1.807, 2.05) is 0 Å². The molecule has 1 aromatic carbocycles. The molecule has 2 nitrogen and oxygen atoms in total. The van der Waals surface area contributed by atoms with E-state index in [4.69, 9.17) is 43.7 Å². The molecule has 0 saturated carbocycles. The number of benzene rings is 1. The molecule has 0 amide bonds. The molecule has 0 atom stereocenters. The molecule has 0 unspecified atom stereocenters. The second-order valence-corrected chi connectivity index (χ2v) is 10.9. The van der Waals surface area contributed by atoms with Crippen molar-refractivity contribution in [3.63, 3.8) is 0 Å². The summed E-state index contributed by atoms with van der Waals surface area (Å²) in [5, 5.41) is 1.29. The van der Waals surface area contributed by atoms with E-state index < -0.39 is 8.56 Å². The van der Waals surface area contributed by atoms with Gasteiger partial charge in [-0.05, 0) is 30.6 Å². The lowest BCUT2D eigenvalue weighted by Gasteiger charge is -2.30. The first-order valence-corrected chi connectivity index (χ1v) is 12.3. The molecule has 0 aliphatic rings. The zero-order chi connectivity index (χ0) is 18.0.